The molecule has 1 aliphatic rings. The van der Waals surface area contributed by atoms with Crippen molar-refractivity contribution in [1.82, 2.24) is 10.3 Å². The Balaban J connectivity index is 1.94. The second-order valence-corrected chi connectivity index (χ2v) is 5.27. The highest BCUT2D eigenvalue weighted by Crippen LogP contribution is 2.20. The standard InChI is InChI=1S/C15H25N3O/c1-2-7-17-13(11-14-6-4-9-19-14)10-12-5-3-8-18-15(12)16/h3,5,8,13-14,17H,2,4,6-7,9-11H2,1H3,(H2,16,18). The van der Waals surface area contributed by atoms with Crippen LogP contribution in [-0.4, -0.2) is 30.3 Å². The van der Waals surface area contributed by atoms with Gasteiger partial charge in [-0.15, -0.1) is 0 Å². The molecule has 1 aromatic rings. The molecule has 2 unspecified atom stereocenters. The van der Waals surface area contributed by atoms with Gasteiger partial charge < -0.3 is 15.8 Å². The van der Waals surface area contributed by atoms with Gasteiger partial charge in [-0.2, -0.15) is 0 Å². The van der Waals surface area contributed by atoms with Crippen molar-refractivity contribution < 1.29 is 4.74 Å². The van der Waals surface area contributed by atoms with Crippen LogP contribution >= 0.6 is 0 Å². The van der Waals surface area contributed by atoms with Crippen molar-refractivity contribution in [2.75, 3.05) is 18.9 Å². The predicted molar refractivity (Wildman–Crippen MR) is 78.0 cm³/mol. The molecule has 1 aromatic heterocycles. The van der Waals surface area contributed by atoms with E-state index in [0.717, 1.165) is 38.0 Å². The average Bonchev–Trinajstić information content (AvgIpc) is 2.91. The summed E-state index contributed by atoms with van der Waals surface area (Å²) in [7, 11) is 0. The summed E-state index contributed by atoms with van der Waals surface area (Å²) >= 11 is 0. The van der Waals surface area contributed by atoms with Gasteiger partial charge in [-0.3, -0.25) is 0 Å². The Labute approximate surface area is 115 Å². The molecule has 0 aromatic carbocycles. The zero-order valence-electron chi connectivity index (χ0n) is 11.8. The summed E-state index contributed by atoms with van der Waals surface area (Å²) in [6, 6.07) is 4.45. The van der Waals surface area contributed by atoms with Crippen molar-refractivity contribution >= 4 is 5.82 Å². The number of anilines is 1. The highest BCUT2D eigenvalue weighted by Gasteiger charge is 2.21. The Morgan fingerprint density at radius 3 is 3.16 bits per heavy atom. The van der Waals surface area contributed by atoms with E-state index in [1.54, 1.807) is 6.20 Å². The molecule has 2 rings (SSSR count). The van der Waals surface area contributed by atoms with Gasteiger partial charge in [0.25, 0.3) is 0 Å². The molecule has 4 nitrogen and oxygen atoms in total. The van der Waals surface area contributed by atoms with Crippen molar-refractivity contribution in [3.8, 4) is 0 Å². The summed E-state index contributed by atoms with van der Waals surface area (Å²) in [6.07, 6.45) is 7.67. The molecule has 0 aliphatic carbocycles. The quantitative estimate of drug-likeness (QED) is 0.791. The molecule has 0 amide bonds. The van der Waals surface area contributed by atoms with Crippen LogP contribution in [0.25, 0.3) is 0 Å². The topological polar surface area (TPSA) is 60.2 Å². The third kappa shape index (κ3) is 4.48. The van der Waals surface area contributed by atoms with E-state index in [2.05, 4.69) is 23.3 Å². The van der Waals surface area contributed by atoms with Crippen LogP contribution in [0.3, 0.4) is 0 Å². The maximum Gasteiger partial charge on any atom is 0.126 e. The summed E-state index contributed by atoms with van der Waals surface area (Å²) in [6.45, 7) is 4.15. The predicted octanol–water partition coefficient (Wildman–Crippen LogP) is 2.14. The number of ether oxygens (including phenoxy) is 1. The molecule has 0 bridgehead atoms. The van der Waals surface area contributed by atoms with Crippen molar-refractivity contribution in [2.45, 2.75) is 51.2 Å². The van der Waals surface area contributed by atoms with Crippen molar-refractivity contribution in [1.29, 1.82) is 0 Å². The second kappa shape index (κ2) is 7.46. The summed E-state index contributed by atoms with van der Waals surface area (Å²) in [4.78, 5) is 4.16. The molecule has 1 fully saturated rings. The van der Waals surface area contributed by atoms with E-state index in [1.807, 2.05) is 6.07 Å². The SMILES string of the molecule is CCCNC(Cc1cccnc1N)CC1CCCO1. The minimum absolute atomic E-state index is 0.409. The van der Waals surface area contributed by atoms with Gasteiger partial charge in [-0.1, -0.05) is 13.0 Å². The van der Waals surface area contributed by atoms with E-state index >= 15 is 0 Å². The Morgan fingerprint density at radius 2 is 2.47 bits per heavy atom. The highest BCUT2D eigenvalue weighted by molar-refractivity contribution is 5.38. The van der Waals surface area contributed by atoms with Gasteiger partial charge in [0.05, 0.1) is 6.10 Å². The molecule has 106 valence electrons. The van der Waals surface area contributed by atoms with E-state index in [9.17, 15) is 0 Å². The van der Waals surface area contributed by atoms with Crippen LogP contribution in [0.4, 0.5) is 5.82 Å². The third-order valence-electron chi connectivity index (χ3n) is 3.65. The van der Waals surface area contributed by atoms with Crippen LogP contribution < -0.4 is 11.1 Å². The number of nitrogens with two attached hydrogens (primary N) is 1. The van der Waals surface area contributed by atoms with Crippen LogP contribution in [0, 0.1) is 0 Å². The second-order valence-electron chi connectivity index (χ2n) is 5.27. The minimum Gasteiger partial charge on any atom is -0.383 e. The first-order valence-corrected chi connectivity index (χ1v) is 7.34. The van der Waals surface area contributed by atoms with Crippen LogP contribution in [0.15, 0.2) is 18.3 Å². The number of hydrogen-bond acceptors (Lipinski definition) is 4. The zero-order valence-corrected chi connectivity index (χ0v) is 11.8. The lowest BCUT2D eigenvalue weighted by Gasteiger charge is -2.22. The van der Waals surface area contributed by atoms with Crippen molar-refractivity contribution in [3.63, 3.8) is 0 Å². The highest BCUT2D eigenvalue weighted by atomic mass is 16.5. The Bertz CT molecular complexity index is 377. The molecule has 0 radical (unpaired) electrons. The molecule has 0 spiro atoms. The van der Waals surface area contributed by atoms with Gasteiger partial charge in [-0.05, 0) is 50.3 Å². The summed E-state index contributed by atoms with van der Waals surface area (Å²) < 4.78 is 5.74. The number of rotatable bonds is 7. The van der Waals surface area contributed by atoms with E-state index in [0.29, 0.717) is 18.0 Å². The molecule has 19 heavy (non-hydrogen) atoms. The number of hydrogen-bond donors (Lipinski definition) is 2. The third-order valence-corrected chi connectivity index (χ3v) is 3.65. The van der Waals surface area contributed by atoms with E-state index in [4.69, 9.17) is 10.5 Å². The monoisotopic (exact) mass is 263 g/mol. The van der Waals surface area contributed by atoms with Crippen LogP contribution in [0.5, 0.6) is 0 Å². The first-order chi connectivity index (χ1) is 9.29. The molecule has 1 saturated heterocycles. The van der Waals surface area contributed by atoms with Gasteiger partial charge in [0.2, 0.25) is 0 Å². The lowest BCUT2D eigenvalue weighted by molar-refractivity contribution is 0.0946. The molecule has 2 atom stereocenters. The summed E-state index contributed by atoms with van der Waals surface area (Å²) in [5.74, 6) is 0.651. The molecule has 3 N–H and O–H groups in total. The van der Waals surface area contributed by atoms with Crippen LogP contribution in [-0.2, 0) is 11.2 Å². The number of nitrogens with one attached hydrogen (secondary N) is 1. The van der Waals surface area contributed by atoms with Gasteiger partial charge in [0.15, 0.2) is 0 Å². The van der Waals surface area contributed by atoms with Crippen molar-refractivity contribution in [3.05, 3.63) is 23.9 Å². The lowest BCUT2D eigenvalue weighted by atomic mass is 9.99. The Morgan fingerprint density at radius 1 is 1.58 bits per heavy atom. The van der Waals surface area contributed by atoms with Gasteiger partial charge >= 0.3 is 0 Å². The Kier molecular flexibility index (Phi) is 5.61. The van der Waals surface area contributed by atoms with Crippen LogP contribution in [0.2, 0.25) is 0 Å². The molecule has 0 saturated carbocycles. The maximum absolute atomic E-state index is 5.94. The van der Waals surface area contributed by atoms with E-state index in [-0.39, 0.29) is 0 Å². The van der Waals surface area contributed by atoms with Crippen molar-refractivity contribution in [2.24, 2.45) is 0 Å². The fourth-order valence-corrected chi connectivity index (χ4v) is 2.62. The summed E-state index contributed by atoms with van der Waals surface area (Å²) in [5, 5.41) is 3.61. The first kappa shape index (κ1) is 14.3. The first-order valence-electron chi connectivity index (χ1n) is 7.34. The number of nitrogens with zero attached hydrogens (tertiary/aromatic N) is 1. The normalized spacial score (nSPS) is 20.6. The lowest BCUT2D eigenvalue weighted by Crippen LogP contribution is -2.35. The van der Waals surface area contributed by atoms with Gasteiger partial charge in [-0.25, -0.2) is 4.98 Å². The van der Waals surface area contributed by atoms with E-state index in [1.165, 1.54) is 12.8 Å². The fraction of sp³-hybridized carbons (Fsp3) is 0.667. The fourth-order valence-electron chi connectivity index (χ4n) is 2.62. The molecule has 1 aliphatic heterocycles. The molecule has 2 heterocycles. The number of pyridine rings is 1. The van der Waals surface area contributed by atoms with Gasteiger partial charge in [0.1, 0.15) is 5.82 Å². The number of nitrogen functional groups attached to an aromatic ring is 1. The van der Waals surface area contributed by atoms with E-state index < -0.39 is 0 Å². The smallest absolute Gasteiger partial charge is 0.126 e. The molecule has 4 heteroatoms. The Hall–Kier alpha value is -1.13. The van der Waals surface area contributed by atoms with Gasteiger partial charge in [0, 0.05) is 18.8 Å². The van der Waals surface area contributed by atoms with Crippen LogP contribution in [0.1, 0.15) is 38.2 Å². The maximum atomic E-state index is 5.94. The molecular formula is C15H25N3O. The molecular weight excluding hydrogens is 238 g/mol. The summed E-state index contributed by atoms with van der Waals surface area (Å²) in [5.41, 5.74) is 7.07. The average molecular weight is 263 g/mol. The number of aromatic nitrogens is 1. The minimum atomic E-state index is 0.409. The largest absolute Gasteiger partial charge is 0.383 e. The zero-order chi connectivity index (χ0) is 13.5.